The third-order valence-electron chi connectivity index (χ3n) is 3.01. The number of aromatic nitrogens is 1. The van der Waals surface area contributed by atoms with Crippen molar-refractivity contribution in [2.24, 2.45) is 0 Å². The molecule has 2 aromatic carbocycles. The SMILES string of the molecule is Clc1ccc(NCc2ccc3ncccc3c2)cc1. The highest BCUT2D eigenvalue weighted by Crippen LogP contribution is 2.16. The number of halogens is 1. The minimum Gasteiger partial charge on any atom is -0.381 e. The number of rotatable bonds is 3. The molecule has 0 aliphatic rings. The van der Waals surface area contributed by atoms with Crippen LogP contribution >= 0.6 is 11.6 Å². The van der Waals surface area contributed by atoms with Crippen molar-refractivity contribution in [2.75, 3.05) is 5.32 Å². The number of fused-ring (bicyclic) bond motifs is 1. The van der Waals surface area contributed by atoms with Crippen LogP contribution in [-0.2, 0) is 6.54 Å². The Kier molecular flexibility index (Phi) is 3.34. The molecule has 1 aromatic heterocycles. The summed E-state index contributed by atoms with van der Waals surface area (Å²) in [4.78, 5) is 4.32. The van der Waals surface area contributed by atoms with Crippen molar-refractivity contribution in [3.05, 3.63) is 71.4 Å². The lowest BCUT2D eigenvalue weighted by Crippen LogP contribution is -1.99. The highest BCUT2D eigenvalue weighted by molar-refractivity contribution is 6.30. The zero-order valence-electron chi connectivity index (χ0n) is 10.3. The highest BCUT2D eigenvalue weighted by atomic mass is 35.5. The fourth-order valence-corrected chi connectivity index (χ4v) is 2.13. The molecule has 0 aliphatic carbocycles. The van der Waals surface area contributed by atoms with Crippen molar-refractivity contribution in [3.8, 4) is 0 Å². The van der Waals surface area contributed by atoms with Gasteiger partial charge in [-0.2, -0.15) is 0 Å². The normalized spacial score (nSPS) is 10.6. The molecular weight excluding hydrogens is 256 g/mol. The molecule has 94 valence electrons. The van der Waals surface area contributed by atoms with Crippen LogP contribution in [0.5, 0.6) is 0 Å². The Morgan fingerprint density at radius 3 is 2.68 bits per heavy atom. The van der Waals surface area contributed by atoms with E-state index in [1.807, 2.05) is 42.6 Å². The van der Waals surface area contributed by atoms with Crippen LogP contribution in [0, 0.1) is 0 Å². The maximum Gasteiger partial charge on any atom is 0.0702 e. The minimum absolute atomic E-state index is 0.752. The van der Waals surface area contributed by atoms with Gasteiger partial charge in [0, 0.05) is 28.8 Å². The Labute approximate surface area is 117 Å². The number of pyridine rings is 1. The molecule has 3 rings (SSSR count). The van der Waals surface area contributed by atoms with Gasteiger partial charge >= 0.3 is 0 Å². The highest BCUT2D eigenvalue weighted by Gasteiger charge is 1.97. The largest absolute Gasteiger partial charge is 0.381 e. The van der Waals surface area contributed by atoms with Crippen LogP contribution in [0.1, 0.15) is 5.56 Å². The minimum atomic E-state index is 0.752. The van der Waals surface area contributed by atoms with E-state index in [9.17, 15) is 0 Å². The number of benzene rings is 2. The van der Waals surface area contributed by atoms with Gasteiger partial charge in [-0.05, 0) is 48.0 Å². The lowest BCUT2D eigenvalue weighted by atomic mass is 10.1. The monoisotopic (exact) mass is 268 g/mol. The fraction of sp³-hybridized carbons (Fsp3) is 0.0625. The smallest absolute Gasteiger partial charge is 0.0702 e. The summed E-state index contributed by atoms with van der Waals surface area (Å²) in [5.74, 6) is 0. The number of anilines is 1. The summed E-state index contributed by atoms with van der Waals surface area (Å²) in [5, 5.41) is 5.29. The molecule has 0 spiro atoms. The van der Waals surface area contributed by atoms with E-state index in [0.717, 1.165) is 28.2 Å². The molecule has 0 unspecified atom stereocenters. The predicted octanol–water partition coefficient (Wildman–Crippen LogP) is 4.50. The molecule has 3 aromatic rings. The van der Waals surface area contributed by atoms with Crippen LogP contribution in [0.4, 0.5) is 5.69 Å². The van der Waals surface area contributed by atoms with E-state index in [1.54, 1.807) is 0 Å². The predicted molar refractivity (Wildman–Crippen MR) is 80.5 cm³/mol. The molecule has 0 bridgehead atoms. The van der Waals surface area contributed by atoms with Crippen LogP contribution in [0.2, 0.25) is 5.02 Å². The average molecular weight is 269 g/mol. The van der Waals surface area contributed by atoms with E-state index >= 15 is 0 Å². The van der Waals surface area contributed by atoms with Gasteiger partial charge in [0.05, 0.1) is 5.52 Å². The van der Waals surface area contributed by atoms with Gasteiger partial charge in [0.2, 0.25) is 0 Å². The summed E-state index contributed by atoms with van der Waals surface area (Å²) in [5.41, 5.74) is 3.32. The zero-order chi connectivity index (χ0) is 13.1. The van der Waals surface area contributed by atoms with Crippen LogP contribution in [0.15, 0.2) is 60.8 Å². The van der Waals surface area contributed by atoms with Gasteiger partial charge in [-0.1, -0.05) is 23.7 Å². The van der Waals surface area contributed by atoms with E-state index in [2.05, 4.69) is 28.5 Å². The molecule has 0 fully saturated rings. The van der Waals surface area contributed by atoms with Gasteiger partial charge in [0.25, 0.3) is 0 Å². The first-order valence-electron chi connectivity index (χ1n) is 6.14. The summed E-state index contributed by atoms with van der Waals surface area (Å²) in [6.07, 6.45) is 1.81. The molecule has 0 saturated carbocycles. The topological polar surface area (TPSA) is 24.9 Å². The Morgan fingerprint density at radius 2 is 1.84 bits per heavy atom. The standard InChI is InChI=1S/C16H13ClN2/c17-14-4-6-15(7-5-14)19-11-12-3-8-16-13(10-12)2-1-9-18-16/h1-10,19H,11H2. The second-order valence-electron chi connectivity index (χ2n) is 4.39. The first-order chi connectivity index (χ1) is 9.31. The van der Waals surface area contributed by atoms with Crippen molar-refractivity contribution in [1.29, 1.82) is 0 Å². The third-order valence-corrected chi connectivity index (χ3v) is 3.26. The van der Waals surface area contributed by atoms with E-state index in [-0.39, 0.29) is 0 Å². The zero-order valence-corrected chi connectivity index (χ0v) is 11.1. The van der Waals surface area contributed by atoms with Crippen molar-refractivity contribution < 1.29 is 0 Å². The summed E-state index contributed by atoms with van der Waals surface area (Å²) in [7, 11) is 0. The lowest BCUT2D eigenvalue weighted by molar-refractivity contribution is 1.15. The molecule has 0 radical (unpaired) electrons. The summed E-state index contributed by atoms with van der Waals surface area (Å²) in [6, 6.07) is 18.1. The van der Waals surface area contributed by atoms with Crippen LogP contribution < -0.4 is 5.32 Å². The molecule has 0 amide bonds. The van der Waals surface area contributed by atoms with Crippen LogP contribution in [-0.4, -0.2) is 4.98 Å². The van der Waals surface area contributed by atoms with Gasteiger partial charge in [-0.3, -0.25) is 4.98 Å². The maximum atomic E-state index is 5.86. The molecule has 0 aliphatic heterocycles. The first kappa shape index (κ1) is 12.0. The van der Waals surface area contributed by atoms with E-state index in [0.29, 0.717) is 0 Å². The van der Waals surface area contributed by atoms with Crippen molar-refractivity contribution in [3.63, 3.8) is 0 Å². The van der Waals surface area contributed by atoms with Gasteiger partial charge < -0.3 is 5.32 Å². The number of nitrogens with zero attached hydrogens (tertiary/aromatic N) is 1. The Hall–Kier alpha value is -2.06. The maximum absolute atomic E-state index is 5.86. The second-order valence-corrected chi connectivity index (χ2v) is 4.83. The molecule has 1 N–H and O–H groups in total. The van der Waals surface area contributed by atoms with Crippen molar-refractivity contribution >= 4 is 28.2 Å². The lowest BCUT2D eigenvalue weighted by Gasteiger charge is -2.07. The average Bonchev–Trinajstić information content (AvgIpc) is 2.46. The van der Waals surface area contributed by atoms with Gasteiger partial charge in [-0.25, -0.2) is 0 Å². The molecule has 1 heterocycles. The van der Waals surface area contributed by atoms with E-state index in [1.165, 1.54) is 5.56 Å². The molecule has 0 saturated heterocycles. The molecule has 19 heavy (non-hydrogen) atoms. The summed E-state index contributed by atoms with van der Waals surface area (Å²) < 4.78 is 0. The Morgan fingerprint density at radius 1 is 1.00 bits per heavy atom. The quantitative estimate of drug-likeness (QED) is 0.756. The molecule has 0 atom stereocenters. The molecule has 3 heteroatoms. The summed E-state index contributed by atoms with van der Waals surface area (Å²) >= 11 is 5.86. The number of hydrogen-bond donors (Lipinski definition) is 1. The van der Waals surface area contributed by atoms with Crippen LogP contribution in [0.25, 0.3) is 10.9 Å². The van der Waals surface area contributed by atoms with E-state index in [4.69, 9.17) is 11.6 Å². The molecule has 2 nitrogen and oxygen atoms in total. The first-order valence-corrected chi connectivity index (χ1v) is 6.52. The molecular formula is C16H13ClN2. The fourth-order valence-electron chi connectivity index (χ4n) is 2.01. The third kappa shape index (κ3) is 2.85. The Bertz CT molecular complexity index is 692. The van der Waals surface area contributed by atoms with Gasteiger partial charge in [-0.15, -0.1) is 0 Å². The van der Waals surface area contributed by atoms with Crippen molar-refractivity contribution in [1.82, 2.24) is 4.98 Å². The summed E-state index contributed by atoms with van der Waals surface area (Å²) in [6.45, 7) is 0.784. The van der Waals surface area contributed by atoms with E-state index < -0.39 is 0 Å². The van der Waals surface area contributed by atoms with Gasteiger partial charge in [0.15, 0.2) is 0 Å². The van der Waals surface area contributed by atoms with Crippen LogP contribution in [0.3, 0.4) is 0 Å². The second kappa shape index (κ2) is 5.29. The Balaban J connectivity index is 1.76. The van der Waals surface area contributed by atoms with Crippen molar-refractivity contribution in [2.45, 2.75) is 6.54 Å². The number of hydrogen-bond acceptors (Lipinski definition) is 2. The number of nitrogens with one attached hydrogen (secondary N) is 1. The van der Waals surface area contributed by atoms with Gasteiger partial charge in [0.1, 0.15) is 0 Å².